The number of pyridine rings is 1. The molecule has 1 amide bonds. The third-order valence-corrected chi connectivity index (χ3v) is 3.52. The van der Waals surface area contributed by atoms with Crippen molar-refractivity contribution in [3.63, 3.8) is 0 Å². The number of carbonyl (C=O) groups excluding carboxylic acids is 1. The summed E-state index contributed by atoms with van der Waals surface area (Å²) in [5, 5.41) is 4.42. The molecule has 3 nitrogen and oxygen atoms in total. The van der Waals surface area contributed by atoms with Crippen molar-refractivity contribution >= 4 is 34.2 Å². The Balaban J connectivity index is 1.91. The van der Waals surface area contributed by atoms with Gasteiger partial charge in [-0.1, -0.05) is 35.9 Å². The van der Waals surface area contributed by atoms with Gasteiger partial charge in [-0.05, 0) is 42.8 Å². The normalized spacial score (nSPS) is 10.6. The molecule has 104 valence electrons. The summed E-state index contributed by atoms with van der Waals surface area (Å²) in [6.07, 6.45) is 0. The first-order valence-corrected chi connectivity index (χ1v) is 6.94. The first kappa shape index (κ1) is 13.6. The van der Waals surface area contributed by atoms with Gasteiger partial charge in [-0.15, -0.1) is 0 Å². The summed E-state index contributed by atoms with van der Waals surface area (Å²) in [7, 11) is 0. The predicted octanol–water partition coefficient (Wildman–Crippen LogP) is 4.45. The summed E-state index contributed by atoms with van der Waals surface area (Å²) < 4.78 is 0. The molecule has 2 aromatic carbocycles. The number of carbonyl (C=O) groups is 1. The summed E-state index contributed by atoms with van der Waals surface area (Å²) in [6.45, 7) is 1.91. The van der Waals surface area contributed by atoms with Crippen LogP contribution < -0.4 is 5.32 Å². The van der Waals surface area contributed by atoms with E-state index in [0.717, 1.165) is 16.5 Å². The number of nitrogens with one attached hydrogen (secondary N) is 1. The summed E-state index contributed by atoms with van der Waals surface area (Å²) in [5.41, 5.74) is 2.33. The maximum Gasteiger partial charge on any atom is 0.257 e. The highest BCUT2D eigenvalue weighted by Crippen LogP contribution is 2.20. The van der Waals surface area contributed by atoms with Crippen molar-refractivity contribution < 1.29 is 4.79 Å². The van der Waals surface area contributed by atoms with Crippen LogP contribution in [0.4, 0.5) is 5.82 Å². The van der Waals surface area contributed by atoms with Gasteiger partial charge in [0.15, 0.2) is 0 Å². The summed E-state index contributed by atoms with van der Waals surface area (Å²) in [5.74, 6) is 0.347. The minimum absolute atomic E-state index is 0.165. The van der Waals surface area contributed by atoms with Crippen LogP contribution in [0.1, 0.15) is 15.9 Å². The topological polar surface area (TPSA) is 42.0 Å². The smallest absolute Gasteiger partial charge is 0.257 e. The van der Waals surface area contributed by atoms with Gasteiger partial charge in [0.25, 0.3) is 5.91 Å². The molecular weight excluding hydrogens is 284 g/mol. The lowest BCUT2D eigenvalue weighted by Gasteiger charge is -2.08. The molecule has 4 heteroatoms. The second-order valence-electron chi connectivity index (χ2n) is 4.80. The molecule has 0 fully saturated rings. The van der Waals surface area contributed by atoms with Crippen molar-refractivity contribution in [2.45, 2.75) is 6.92 Å². The van der Waals surface area contributed by atoms with Gasteiger partial charge in [0.05, 0.1) is 5.52 Å². The van der Waals surface area contributed by atoms with Crippen LogP contribution in [-0.2, 0) is 0 Å². The Morgan fingerprint density at radius 3 is 2.67 bits per heavy atom. The Hall–Kier alpha value is -2.39. The van der Waals surface area contributed by atoms with E-state index in [1.54, 1.807) is 18.2 Å². The predicted molar refractivity (Wildman–Crippen MR) is 85.9 cm³/mol. The fraction of sp³-hybridized carbons (Fsp3) is 0.0588. The van der Waals surface area contributed by atoms with Gasteiger partial charge in [-0.3, -0.25) is 4.79 Å². The molecule has 1 N–H and O–H groups in total. The molecule has 1 heterocycles. The summed E-state index contributed by atoms with van der Waals surface area (Å²) in [4.78, 5) is 16.7. The number of amides is 1. The molecule has 0 saturated heterocycles. The second kappa shape index (κ2) is 5.54. The van der Waals surface area contributed by atoms with E-state index in [2.05, 4.69) is 10.3 Å². The van der Waals surface area contributed by atoms with Crippen LogP contribution in [-0.4, -0.2) is 10.9 Å². The largest absolute Gasteiger partial charge is 0.307 e. The third kappa shape index (κ3) is 2.88. The average Bonchev–Trinajstić information content (AvgIpc) is 2.47. The molecule has 0 saturated carbocycles. The van der Waals surface area contributed by atoms with Crippen molar-refractivity contribution in [3.05, 3.63) is 70.7 Å². The van der Waals surface area contributed by atoms with Crippen LogP contribution in [0.25, 0.3) is 10.9 Å². The monoisotopic (exact) mass is 296 g/mol. The van der Waals surface area contributed by atoms with E-state index in [0.29, 0.717) is 16.4 Å². The van der Waals surface area contributed by atoms with Crippen LogP contribution in [0.2, 0.25) is 5.02 Å². The highest BCUT2D eigenvalue weighted by molar-refractivity contribution is 6.31. The van der Waals surface area contributed by atoms with E-state index in [9.17, 15) is 4.79 Å². The standard InChI is InChI=1S/C17H13ClN2O/c1-11-4-2-3-5-14(11)17(21)20-16-9-7-12-6-8-13(18)10-15(12)19-16/h2-10H,1H3,(H,19,20,21). The van der Waals surface area contributed by atoms with E-state index in [1.165, 1.54) is 0 Å². The molecule has 0 unspecified atom stereocenters. The van der Waals surface area contributed by atoms with Crippen molar-refractivity contribution in [3.8, 4) is 0 Å². The molecule has 0 radical (unpaired) electrons. The quantitative estimate of drug-likeness (QED) is 0.759. The van der Waals surface area contributed by atoms with E-state index in [1.807, 2.05) is 43.3 Å². The molecule has 3 rings (SSSR count). The number of hydrogen-bond acceptors (Lipinski definition) is 2. The molecule has 3 aromatic rings. The molecule has 0 spiro atoms. The minimum Gasteiger partial charge on any atom is -0.307 e. The number of anilines is 1. The van der Waals surface area contributed by atoms with E-state index in [-0.39, 0.29) is 5.91 Å². The van der Waals surface area contributed by atoms with Crippen molar-refractivity contribution in [2.24, 2.45) is 0 Å². The fourth-order valence-corrected chi connectivity index (χ4v) is 2.34. The Labute approximate surface area is 127 Å². The first-order chi connectivity index (χ1) is 10.1. The highest BCUT2D eigenvalue weighted by Gasteiger charge is 2.09. The number of fused-ring (bicyclic) bond motifs is 1. The number of benzene rings is 2. The minimum atomic E-state index is -0.165. The van der Waals surface area contributed by atoms with Crippen LogP contribution in [0.15, 0.2) is 54.6 Å². The lowest BCUT2D eigenvalue weighted by molar-refractivity contribution is 0.102. The van der Waals surface area contributed by atoms with E-state index >= 15 is 0 Å². The molecule has 21 heavy (non-hydrogen) atoms. The summed E-state index contributed by atoms with van der Waals surface area (Å²) >= 11 is 5.97. The zero-order valence-electron chi connectivity index (χ0n) is 11.4. The maximum atomic E-state index is 12.3. The van der Waals surface area contributed by atoms with Gasteiger partial charge in [-0.25, -0.2) is 4.98 Å². The Morgan fingerprint density at radius 1 is 1.10 bits per heavy atom. The number of halogens is 1. The zero-order chi connectivity index (χ0) is 14.8. The Morgan fingerprint density at radius 2 is 1.86 bits per heavy atom. The van der Waals surface area contributed by atoms with Gasteiger partial charge >= 0.3 is 0 Å². The molecule has 0 aliphatic rings. The zero-order valence-corrected chi connectivity index (χ0v) is 12.2. The molecule has 0 bridgehead atoms. The van der Waals surface area contributed by atoms with Crippen LogP contribution in [0.3, 0.4) is 0 Å². The first-order valence-electron chi connectivity index (χ1n) is 6.57. The molecule has 0 aliphatic carbocycles. The van der Waals surface area contributed by atoms with Crippen molar-refractivity contribution in [1.29, 1.82) is 0 Å². The highest BCUT2D eigenvalue weighted by atomic mass is 35.5. The van der Waals surface area contributed by atoms with Gasteiger partial charge < -0.3 is 5.32 Å². The Bertz CT molecular complexity index is 830. The van der Waals surface area contributed by atoms with Gasteiger partial charge in [0, 0.05) is 16.0 Å². The second-order valence-corrected chi connectivity index (χ2v) is 5.24. The maximum absolute atomic E-state index is 12.3. The van der Waals surface area contributed by atoms with Crippen molar-refractivity contribution in [1.82, 2.24) is 4.98 Å². The van der Waals surface area contributed by atoms with Gasteiger partial charge in [0.1, 0.15) is 5.82 Å². The fourth-order valence-electron chi connectivity index (χ4n) is 2.17. The number of nitrogens with zero attached hydrogens (tertiary/aromatic N) is 1. The lowest BCUT2D eigenvalue weighted by atomic mass is 10.1. The van der Waals surface area contributed by atoms with Crippen LogP contribution in [0, 0.1) is 6.92 Å². The Kier molecular flexibility index (Phi) is 3.59. The SMILES string of the molecule is Cc1ccccc1C(=O)Nc1ccc2ccc(Cl)cc2n1. The van der Waals surface area contributed by atoms with Gasteiger partial charge in [-0.2, -0.15) is 0 Å². The van der Waals surface area contributed by atoms with Crippen LogP contribution >= 0.6 is 11.6 Å². The van der Waals surface area contributed by atoms with E-state index < -0.39 is 0 Å². The molecule has 0 aliphatic heterocycles. The lowest BCUT2D eigenvalue weighted by Crippen LogP contribution is -2.14. The van der Waals surface area contributed by atoms with Crippen molar-refractivity contribution in [2.75, 3.05) is 5.32 Å². The number of hydrogen-bond donors (Lipinski definition) is 1. The molecule has 0 atom stereocenters. The summed E-state index contributed by atoms with van der Waals surface area (Å²) in [6, 6.07) is 16.6. The van der Waals surface area contributed by atoms with Crippen LogP contribution in [0.5, 0.6) is 0 Å². The number of rotatable bonds is 2. The number of aryl methyl sites for hydroxylation is 1. The average molecular weight is 297 g/mol. The molecule has 1 aromatic heterocycles. The van der Waals surface area contributed by atoms with Gasteiger partial charge in [0.2, 0.25) is 0 Å². The molecular formula is C17H13ClN2O. The van der Waals surface area contributed by atoms with E-state index in [4.69, 9.17) is 11.6 Å². The number of aromatic nitrogens is 1. The third-order valence-electron chi connectivity index (χ3n) is 3.29.